The lowest BCUT2D eigenvalue weighted by Crippen LogP contribution is -2.08. The van der Waals surface area contributed by atoms with E-state index >= 15 is 0 Å². The lowest BCUT2D eigenvalue weighted by atomic mass is 10.1. The first-order valence-corrected chi connectivity index (χ1v) is 12.9. The molecule has 0 aliphatic carbocycles. The Hall–Kier alpha value is -4.54. The van der Waals surface area contributed by atoms with Gasteiger partial charge in [0.25, 0.3) is 5.69 Å². The monoisotopic (exact) mass is 562 g/mol. The molecule has 0 fully saturated rings. The van der Waals surface area contributed by atoms with Gasteiger partial charge in [-0.2, -0.15) is 0 Å². The van der Waals surface area contributed by atoms with Gasteiger partial charge >= 0.3 is 11.9 Å². The molecule has 11 heteroatoms. The van der Waals surface area contributed by atoms with Gasteiger partial charge in [0.05, 0.1) is 16.6 Å². The molecule has 0 bridgehead atoms. The number of carbonyl (C=O) groups excluding carboxylic acids is 2. The number of fused-ring (bicyclic) bond motifs is 1. The number of nitrogens with zero attached hydrogens (tertiary/aromatic N) is 2. The fourth-order valence-electron chi connectivity index (χ4n) is 3.87. The van der Waals surface area contributed by atoms with Gasteiger partial charge in [-0.3, -0.25) is 10.1 Å². The summed E-state index contributed by atoms with van der Waals surface area (Å²) in [6.45, 7) is 2.07. The minimum Gasteiger partial charge on any atom is -0.490 e. The summed E-state index contributed by atoms with van der Waals surface area (Å²) in [5.74, 6) is -0.572. The van der Waals surface area contributed by atoms with Crippen molar-refractivity contribution in [3.63, 3.8) is 0 Å². The van der Waals surface area contributed by atoms with Crippen molar-refractivity contribution in [3.8, 4) is 11.5 Å². The van der Waals surface area contributed by atoms with Crippen molar-refractivity contribution in [3.05, 3.63) is 104 Å². The average Bonchev–Trinajstić information content (AvgIpc) is 3.44. The van der Waals surface area contributed by atoms with Gasteiger partial charge in [0.1, 0.15) is 4.88 Å². The topological polar surface area (TPSA) is 117 Å². The van der Waals surface area contributed by atoms with Crippen molar-refractivity contribution in [1.82, 2.24) is 0 Å². The first-order valence-electron chi connectivity index (χ1n) is 11.7. The maximum Gasteiger partial charge on any atom is 0.363 e. The molecule has 196 valence electrons. The van der Waals surface area contributed by atoms with Gasteiger partial charge in [0, 0.05) is 28.6 Å². The number of esters is 2. The summed E-state index contributed by atoms with van der Waals surface area (Å²) < 4.78 is 17.1. The van der Waals surface area contributed by atoms with Crippen molar-refractivity contribution in [1.29, 1.82) is 0 Å². The molecule has 1 aliphatic rings. The van der Waals surface area contributed by atoms with Crippen LogP contribution in [-0.2, 0) is 16.0 Å². The third-order valence-electron chi connectivity index (χ3n) is 5.65. The number of benzene rings is 3. The molecule has 4 aromatic rings. The molecule has 5 rings (SSSR count). The largest absolute Gasteiger partial charge is 0.490 e. The second kappa shape index (κ2) is 11.1. The van der Waals surface area contributed by atoms with Gasteiger partial charge in [-0.05, 0) is 42.3 Å². The molecule has 0 saturated carbocycles. The molecule has 0 atom stereocenters. The Kier molecular flexibility index (Phi) is 7.40. The van der Waals surface area contributed by atoms with E-state index in [1.54, 1.807) is 25.1 Å². The number of non-ortho nitro benzene ring substituents is 1. The number of hydrogen-bond acceptors (Lipinski definition) is 9. The minimum atomic E-state index is -0.731. The van der Waals surface area contributed by atoms with E-state index < -0.39 is 16.9 Å². The molecule has 9 nitrogen and oxygen atoms in total. The fraction of sp³-hybridized carbons (Fsp3) is 0.107. The first kappa shape index (κ1) is 26.1. The molecule has 1 aromatic heterocycles. The maximum absolute atomic E-state index is 13.0. The first-order chi connectivity index (χ1) is 18.8. The summed E-state index contributed by atoms with van der Waals surface area (Å²) in [4.78, 5) is 40.4. The summed E-state index contributed by atoms with van der Waals surface area (Å²) in [7, 11) is 0. The molecule has 0 amide bonds. The Morgan fingerprint density at radius 3 is 2.67 bits per heavy atom. The molecule has 0 N–H and O–H groups in total. The number of aliphatic imine (C=N–C) groups is 1. The lowest BCUT2D eigenvalue weighted by molar-refractivity contribution is -0.384. The number of nitro benzene ring substituents is 1. The summed E-state index contributed by atoms with van der Waals surface area (Å²) in [5.41, 5.74) is 1.58. The van der Waals surface area contributed by atoms with Crippen LogP contribution >= 0.6 is 22.9 Å². The highest BCUT2D eigenvalue weighted by molar-refractivity contribution is 7.21. The van der Waals surface area contributed by atoms with Crippen molar-refractivity contribution in [2.24, 2.45) is 4.99 Å². The highest BCUT2D eigenvalue weighted by Crippen LogP contribution is 2.39. The van der Waals surface area contributed by atoms with E-state index in [2.05, 4.69) is 4.99 Å². The van der Waals surface area contributed by atoms with Crippen LogP contribution in [0, 0.1) is 10.1 Å². The molecule has 0 unspecified atom stereocenters. The third-order valence-corrected chi connectivity index (χ3v) is 7.28. The molecule has 0 spiro atoms. The van der Waals surface area contributed by atoms with Crippen molar-refractivity contribution in [2.45, 2.75) is 13.3 Å². The van der Waals surface area contributed by atoms with Crippen molar-refractivity contribution >= 4 is 62.6 Å². The highest BCUT2D eigenvalue weighted by Gasteiger charge is 2.24. The van der Waals surface area contributed by atoms with Gasteiger partial charge < -0.3 is 14.2 Å². The average molecular weight is 563 g/mol. The van der Waals surface area contributed by atoms with E-state index in [0.29, 0.717) is 34.6 Å². The second-order valence-electron chi connectivity index (χ2n) is 8.30. The highest BCUT2D eigenvalue weighted by atomic mass is 35.5. The van der Waals surface area contributed by atoms with Gasteiger partial charge in [0.15, 0.2) is 17.2 Å². The number of carbonyl (C=O) groups is 2. The number of ether oxygens (including phenoxy) is 3. The Morgan fingerprint density at radius 1 is 1.13 bits per heavy atom. The standard InChI is InChI=1S/C28H19ClN2O7S/c1-2-36-22-13-17(12-20-27(32)38-24(30-20)14-16-6-4-3-5-7-16)8-11-21(22)37-28(33)26-25(29)19-10-9-18(31(34)35)15-23(19)39-26/h3-13,15H,2,14H2,1H3/b20-12+. The third kappa shape index (κ3) is 5.66. The number of hydrogen-bond donors (Lipinski definition) is 0. The number of halogens is 1. The van der Waals surface area contributed by atoms with Crippen LogP contribution < -0.4 is 9.47 Å². The Morgan fingerprint density at radius 2 is 1.92 bits per heavy atom. The lowest BCUT2D eigenvalue weighted by Gasteiger charge is -2.11. The zero-order valence-corrected chi connectivity index (χ0v) is 22.0. The van der Waals surface area contributed by atoms with Gasteiger partial charge in [-0.15, -0.1) is 11.3 Å². The number of nitro groups is 1. The van der Waals surface area contributed by atoms with E-state index in [1.165, 1.54) is 24.3 Å². The van der Waals surface area contributed by atoms with Crippen molar-refractivity contribution in [2.75, 3.05) is 6.61 Å². The molecular weight excluding hydrogens is 544 g/mol. The smallest absolute Gasteiger partial charge is 0.363 e. The molecule has 39 heavy (non-hydrogen) atoms. The second-order valence-corrected chi connectivity index (χ2v) is 9.73. The summed E-state index contributed by atoms with van der Waals surface area (Å²) in [5, 5.41) is 11.8. The van der Waals surface area contributed by atoms with E-state index in [-0.39, 0.29) is 32.8 Å². The normalized spacial score (nSPS) is 13.8. The van der Waals surface area contributed by atoms with E-state index in [1.807, 2.05) is 30.3 Å². The molecule has 1 aliphatic heterocycles. The summed E-state index contributed by atoms with van der Waals surface area (Å²) in [6.07, 6.45) is 1.95. The summed E-state index contributed by atoms with van der Waals surface area (Å²) >= 11 is 7.39. The van der Waals surface area contributed by atoms with Crippen LogP contribution in [0.3, 0.4) is 0 Å². The van der Waals surface area contributed by atoms with E-state index in [9.17, 15) is 19.7 Å². The molecule has 2 heterocycles. The summed E-state index contributed by atoms with van der Waals surface area (Å²) in [6, 6.07) is 18.5. The van der Waals surface area contributed by atoms with Crippen LogP contribution in [0.1, 0.15) is 27.7 Å². The molecule has 0 radical (unpaired) electrons. The quantitative estimate of drug-likeness (QED) is 0.0778. The van der Waals surface area contributed by atoms with Gasteiger partial charge in [-0.1, -0.05) is 48.0 Å². The predicted molar refractivity (Wildman–Crippen MR) is 148 cm³/mol. The van der Waals surface area contributed by atoms with Gasteiger partial charge in [0.2, 0.25) is 5.90 Å². The SMILES string of the molecule is CCOc1cc(/C=C2/N=C(Cc3ccccc3)OC2=O)ccc1OC(=O)c1sc2cc([N+](=O)[O-])ccc2c1Cl. The fourth-order valence-corrected chi connectivity index (χ4v) is 5.29. The van der Waals surface area contributed by atoms with Crippen molar-refractivity contribution < 1.29 is 28.7 Å². The minimum absolute atomic E-state index is 0.105. The van der Waals surface area contributed by atoms with Crippen LogP contribution in [0.25, 0.3) is 16.2 Å². The number of rotatable bonds is 8. The van der Waals surface area contributed by atoms with E-state index in [0.717, 1.165) is 16.9 Å². The molecule has 0 saturated heterocycles. The van der Waals surface area contributed by atoms with Crippen LogP contribution in [0.5, 0.6) is 11.5 Å². The maximum atomic E-state index is 13.0. The Balaban J connectivity index is 1.38. The van der Waals surface area contributed by atoms with Crippen LogP contribution in [0.15, 0.2) is 77.4 Å². The van der Waals surface area contributed by atoms with Crippen LogP contribution in [0.4, 0.5) is 5.69 Å². The molecule has 3 aromatic carbocycles. The van der Waals surface area contributed by atoms with Crippen LogP contribution in [-0.4, -0.2) is 29.4 Å². The number of cyclic esters (lactones) is 1. The number of thiophene rings is 1. The predicted octanol–water partition coefficient (Wildman–Crippen LogP) is 6.62. The zero-order chi connectivity index (χ0) is 27.5. The van der Waals surface area contributed by atoms with Crippen LogP contribution in [0.2, 0.25) is 5.02 Å². The zero-order valence-electron chi connectivity index (χ0n) is 20.4. The van der Waals surface area contributed by atoms with E-state index in [4.69, 9.17) is 25.8 Å². The molecular formula is C28H19ClN2O7S. The van der Waals surface area contributed by atoms with Gasteiger partial charge in [-0.25, -0.2) is 14.6 Å². The Labute approximate surface area is 231 Å². The Bertz CT molecular complexity index is 1680.